The van der Waals surface area contributed by atoms with E-state index in [0.717, 1.165) is 6.07 Å². The van der Waals surface area contributed by atoms with Gasteiger partial charge in [0.1, 0.15) is 0 Å². The van der Waals surface area contributed by atoms with Gasteiger partial charge in [-0.15, -0.1) is 0 Å². The number of hydrogen-bond acceptors (Lipinski definition) is 6. The number of ether oxygens (including phenoxy) is 2. The third kappa shape index (κ3) is 4.90. The van der Waals surface area contributed by atoms with E-state index in [1.165, 1.54) is 24.3 Å². The van der Waals surface area contributed by atoms with Gasteiger partial charge < -0.3 is 9.47 Å². The van der Waals surface area contributed by atoms with Gasteiger partial charge in [-0.25, -0.2) is 0 Å². The first-order chi connectivity index (χ1) is 17.1. The minimum Gasteiger partial charge on any atom is -0.493 e. The summed E-state index contributed by atoms with van der Waals surface area (Å²) in [4.78, 5) is 23.3. The van der Waals surface area contributed by atoms with E-state index in [1.807, 2.05) is 6.07 Å². The zero-order valence-corrected chi connectivity index (χ0v) is 18.9. The molecule has 11 heteroatoms. The molecule has 3 aromatic carbocycles. The van der Waals surface area contributed by atoms with E-state index < -0.39 is 22.4 Å². The molecule has 0 fully saturated rings. The summed E-state index contributed by atoms with van der Waals surface area (Å²) in [6, 6.07) is 15.5. The molecule has 4 rings (SSSR count). The van der Waals surface area contributed by atoms with Gasteiger partial charge in [-0.05, 0) is 55.0 Å². The SMILES string of the molecule is COc1cc(/C=C2\C(=O)N(c3ccccc3)N=C2C)ccc1Oc1ccc(C(F)(F)F)cc1[N+](=O)[O-]. The number of benzene rings is 3. The topological polar surface area (TPSA) is 94.3 Å². The number of anilines is 1. The van der Waals surface area contributed by atoms with E-state index in [0.29, 0.717) is 34.7 Å². The third-order valence-corrected chi connectivity index (χ3v) is 5.26. The van der Waals surface area contributed by atoms with Gasteiger partial charge in [0, 0.05) is 6.07 Å². The highest BCUT2D eigenvalue weighted by Gasteiger charge is 2.34. The van der Waals surface area contributed by atoms with Crippen LogP contribution in [0.15, 0.2) is 77.4 Å². The average Bonchev–Trinajstić information content (AvgIpc) is 3.13. The standard InChI is InChI=1S/C25H18F3N3O5/c1-15-19(24(32)30(29-15)18-6-4-3-5-7-18)12-16-8-10-22(23(13-16)35-2)36-21-11-9-17(25(26,27)28)14-20(21)31(33)34/h3-14H,1-2H3/b19-12-. The Morgan fingerprint density at radius 2 is 1.69 bits per heavy atom. The Morgan fingerprint density at radius 1 is 1.00 bits per heavy atom. The van der Waals surface area contributed by atoms with Gasteiger partial charge in [0.05, 0.1) is 34.6 Å². The number of para-hydroxylation sites is 1. The number of carbonyl (C=O) groups is 1. The lowest BCUT2D eigenvalue weighted by Gasteiger charge is -2.13. The maximum Gasteiger partial charge on any atom is 0.416 e. The average molecular weight is 497 g/mol. The highest BCUT2D eigenvalue weighted by Crippen LogP contribution is 2.40. The zero-order chi connectivity index (χ0) is 26.0. The van der Waals surface area contributed by atoms with Crippen LogP contribution in [0.4, 0.5) is 24.5 Å². The largest absolute Gasteiger partial charge is 0.493 e. The monoisotopic (exact) mass is 497 g/mol. The molecular formula is C25H18F3N3O5. The smallest absolute Gasteiger partial charge is 0.416 e. The minimum absolute atomic E-state index is 0.0385. The number of nitro benzene ring substituents is 1. The maximum absolute atomic E-state index is 13.0. The van der Waals surface area contributed by atoms with Crippen molar-refractivity contribution in [1.29, 1.82) is 0 Å². The van der Waals surface area contributed by atoms with Crippen LogP contribution < -0.4 is 14.5 Å². The molecule has 0 spiro atoms. The van der Waals surface area contributed by atoms with Crippen LogP contribution in [0.25, 0.3) is 6.08 Å². The van der Waals surface area contributed by atoms with E-state index in [2.05, 4.69) is 5.10 Å². The van der Waals surface area contributed by atoms with Crippen molar-refractivity contribution in [1.82, 2.24) is 0 Å². The number of hydrogen-bond donors (Lipinski definition) is 0. The molecule has 0 bridgehead atoms. The fraction of sp³-hybridized carbons (Fsp3) is 0.120. The van der Waals surface area contributed by atoms with Gasteiger partial charge in [-0.3, -0.25) is 14.9 Å². The van der Waals surface area contributed by atoms with Crippen molar-refractivity contribution >= 4 is 29.1 Å². The number of amides is 1. The highest BCUT2D eigenvalue weighted by atomic mass is 19.4. The highest BCUT2D eigenvalue weighted by molar-refractivity contribution is 6.32. The van der Waals surface area contributed by atoms with Crippen LogP contribution in [0, 0.1) is 10.1 Å². The minimum atomic E-state index is -4.74. The van der Waals surface area contributed by atoms with Crippen LogP contribution in [0.5, 0.6) is 17.2 Å². The molecular weight excluding hydrogens is 479 g/mol. The van der Waals surface area contributed by atoms with E-state index >= 15 is 0 Å². The summed E-state index contributed by atoms with van der Waals surface area (Å²) in [5, 5.41) is 17.0. The van der Waals surface area contributed by atoms with Crippen molar-refractivity contribution in [3.63, 3.8) is 0 Å². The molecule has 184 valence electrons. The van der Waals surface area contributed by atoms with Gasteiger partial charge >= 0.3 is 11.9 Å². The van der Waals surface area contributed by atoms with Crippen molar-refractivity contribution in [3.05, 3.63) is 93.5 Å². The summed E-state index contributed by atoms with van der Waals surface area (Å²) in [6.07, 6.45) is -3.14. The van der Waals surface area contributed by atoms with Crippen LogP contribution in [0.1, 0.15) is 18.1 Å². The predicted molar refractivity (Wildman–Crippen MR) is 126 cm³/mol. The maximum atomic E-state index is 13.0. The summed E-state index contributed by atoms with van der Waals surface area (Å²) in [6.45, 7) is 1.70. The molecule has 0 aromatic heterocycles. The van der Waals surface area contributed by atoms with Crippen molar-refractivity contribution in [2.24, 2.45) is 5.10 Å². The number of halogens is 3. The molecule has 0 saturated carbocycles. The third-order valence-electron chi connectivity index (χ3n) is 5.26. The van der Waals surface area contributed by atoms with Crippen LogP contribution in [-0.2, 0) is 11.0 Å². The molecule has 8 nitrogen and oxygen atoms in total. The molecule has 1 heterocycles. The van der Waals surface area contributed by atoms with Crippen molar-refractivity contribution < 1.29 is 32.4 Å². The Bertz CT molecular complexity index is 1400. The molecule has 1 aliphatic rings. The molecule has 1 aliphatic heterocycles. The first-order valence-corrected chi connectivity index (χ1v) is 10.5. The molecule has 0 saturated heterocycles. The Hall–Kier alpha value is -4.67. The van der Waals surface area contributed by atoms with E-state index in [1.54, 1.807) is 43.3 Å². The van der Waals surface area contributed by atoms with Crippen LogP contribution in [-0.4, -0.2) is 23.7 Å². The van der Waals surface area contributed by atoms with Crippen molar-refractivity contribution in [3.8, 4) is 17.2 Å². The van der Waals surface area contributed by atoms with Crippen LogP contribution in [0.3, 0.4) is 0 Å². The Balaban J connectivity index is 1.63. The van der Waals surface area contributed by atoms with Gasteiger partial charge in [-0.1, -0.05) is 24.3 Å². The number of nitrogens with zero attached hydrogens (tertiary/aromatic N) is 3. The van der Waals surface area contributed by atoms with Gasteiger partial charge in [0.25, 0.3) is 5.91 Å². The second-order valence-corrected chi connectivity index (χ2v) is 7.65. The van der Waals surface area contributed by atoms with Gasteiger partial charge in [0.2, 0.25) is 5.75 Å². The molecule has 0 N–H and O–H groups in total. The molecule has 0 radical (unpaired) electrons. The predicted octanol–water partition coefficient (Wildman–Crippen LogP) is 6.22. The van der Waals surface area contributed by atoms with Gasteiger partial charge in [-0.2, -0.15) is 23.3 Å². The van der Waals surface area contributed by atoms with Crippen molar-refractivity contribution in [2.75, 3.05) is 12.1 Å². The van der Waals surface area contributed by atoms with Crippen LogP contribution in [0.2, 0.25) is 0 Å². The number of nitro groups is 1. The Kier molecular flexibility index (Phi) is 6.47. The summed E-state index contributed by atoms with van der Waals surface area (Å²) in [7, 11) is 1.34. The second-order valence-electron chi connectivity index (χ2n) is 7.65. The molecule has 0 unspecified atom stereocenters. The van der Waals surface area contributed by atoms with Gasteiger partial charge in [0.15, 0.2) is 11.5 Å². The second kappa shape index (κ2) is 9.53. The fourth-order valence-electron chi connectivity index (χ4n) is 3.49. The number of rotatable bonds is 6. The lowest BCUT2D eigenvalue weighted by Crippen LogP contribution is -2.21. The lowest BCUT2D eigenvalue weighted by molar-refractivity contribution is -0.385. The zero-order valence-electron chi connectivity index (χ0n) is 18.9. The number of carbonyl (C=O) groups excluding carboxylic acids is 1. The Morgan fingerprint density at radius 3 is 2.33 bits per heavy atom. The fourth-order valence-corrected chi connectivity index (χ4v) is 3.49. The quantitative estimate of drug-likeness (QED) is 0.229. The summed E-state index contributed by atoms with van der Waals surface area (Å²) < 4.78 is 49.8. The van der Waals surface area contributed by atoms with E-state index in [4.69, 9.17) is 9.47 Å². The summed E-state index contributed by atoms with van der Waals surface area (Å²) in [5.41, 5.74) is 0.0101. The molecule has 36 heavy (non-hydrogen) atoms. The first kappa shape index (κ1) is 24.5. The van der Waals surface area contributed by atoms with Crippen molar-refractivity contribution in [2.45, 2.75) is 13.1 Å². The molecule has 0 aliphatic carbocycles. The number of alkyl halides is 3. The number of methoxy groups -OCH3 is 1. The Labute approximate surface area is 203 Å². The molecule has 0 atom stereocenters. The lowest BCUT2D eigenvalue weighted by atomic mass is 10.1. The summed E-state index contributed by atoms with van der Waals surface area (Å²) in [5.74, 6) is -0.515. The molecule has 1 amide bonds. The first-order valence-electron chi connectivity index (χ1n) is 10.5. The molecule has 3 aromatic rings. The number of hydrazone groups is 1. The van der Waals surface area contributed by atoms with E-state index in [-0.39, 0.29) is 23.2 Å². The normalized spacial score (nSPS) is 14.7. The summed E-state index contributed by atoms with van der Waals surface area (Å²) >= 11 is 0. The van der Waals surface area contributed by atoms with E-state index in [9.17, 15) is 28.1 Å². The van der Waals surface area contributed by atoms with Crippen LogP contribution >= 0.6 is 0 Å².